The van der Waals surface area contributed by atoms with E-state index in [1.54, 1.807) is 12.3 Å². The monoisotopic (exact) mass is 265 g/mol. The molecular weight excluding hydrogens is 242 g/mol. The first-order valence-corrected chi connectivity index (χ1v) is 6.69. The van der Waals surface area contributed by atoms with E-state index in [1.165, 1.54) is 0 Å². The molecule has 0 aliphatic carbocycles. The van der Waals surface area contributed by atoms with Crippen molar-refractivity contribution < 1.29 is 9.59 Å². The smallest absolute Gasteiger partial charge is 0.267 e. The highest BCUT2D eigenvalue weighted by Gasteiger charge is 2.11. The molecule has 5 nitrogen and oxygen atoms in total. The molecule has 1 aromatic rings. The first-order valence-electron chi connectivity index (χ1n) is 6.69. The summed E-state index contributed by atoms with van der Waals surface area (Å²) in [5.74, 6) is -0.0836. The fraction of sp³-hybridized carbons (Fsp3) is 0.571. The molecule has 0 aliphatic heterocycles. The minimum atomic E-state index is -0.158. The van der Waals surface area contributed by atoms with Crippen LogP contribution in [0.1, 0.15) is 47.0 Å². The van der Waals surface area contributed by atoms with Crippen LogP contribution in [0, 0.1) is 0 Å². The van der Waals surface area contributed by atoms with Crippen molar-refractivity contribution in [1.29, 1.82) is 0 Å². The largest absolute Gasteiger partial charge is 0.356 e. The summed E-state index contributed by atoms with van der Waals surface area (Å²) >= 11 is 0. The molecule has 0 radical (unpaired) electrons. The summed E-state index contributed by atoms with van der Waals surface area (Å²) in [7, 11) is 4.00. The molecule has 0 aliphatic rings. The van der Waals surface area contributed by atoms with Gasteiger partial charge in [-0.05, 0) is 39.5 Å². The van der Waals surface area contributed by atoms with Gasteiger partial charge in [-0.25, -0.2) is 0 Å². The number of rotatable bonds is 8. The van der Waals surface area contributed by atoms with Crippen molar-refractivity contribution in [2.24, 2.45) is 0 Å². The molecule has 106 valence electrons. The fourth-order valence-electron chi connectivity index (χ4n) is 1.75. The maximum Gasteiger partial charge on any atom is 0.267 e. The minimum absolute atomic E-state index is 0.0745. The molecule has 0 saturated carbocycles. The average molecular weight is 265 g/mol. The Balaban J connectivity index is 2.43. The molecule has 5 heteroatoms. The van der Waals surface area contributed by atoms with Crippen molar-refractivity contribution in [2.45, 2.75) is 26.2 Å². The van der Waals surface area contributed by atoms with Crippen molar-refractivity contribution in [3.8, 4) is 0 Å². The Kier molecular flexibility index (Phi) is 6.29. The van der Waals surface area contributed by atoms with Crippen molar-refractivity contribution in [3.05, 3.63) is 23.5 Å². The van der Waals surface area contributed by atoms with Gasteiger partial charge in [-0.3, -0.25) is 9.59 Å². The number of aromatic nitrogens is 1. The molecule has 1 rings (SSSR count). The lowest BCUT2D eigenvalue weighted by molar-refractivity contribution is 0.0947. The maximum atomic E-state index is 11.8. The maximum absolute atomic E-state index is 11.8. The second-order valence-corrected chi connectivity index (χ2v) is 4.89. The van der Waals surface area contributed by atoms with Gasteiger partial charge < -0.3 is 15.2 Å². The van der Waals surface area contributed by atoms with Gasteiger partial charge in [0.05, 0.1) is 0 Å². The van der Waals surface area contributed by atoms with Crippen LogP contribution in [0.25, 0.3) is 0 Å². The predicted molar refractivity (Wildman–Crippen MR) is 75.5 cm³/mol. The van der Waals surface area contributed by atoms with Crippen LogP contribution in [-0.4, -0.2) is 48.8 Å². The van der Waals surface area contributed by atoms with Gasteiger partial charge in [-0.15, -0.1) is 0 Å². The number of carbonyl (C=O) groups is 2. The normalized spacial score (nSPS) is 10.7. The molecule has 0 bridgehead atoms. The topological polar surface area (TPSA) is 65.2 Å². The molecule has 0 atom stereocenters. The number of amides is 1. The standard InChI is InChI=1S/C14H23N3O2/c1-4-6-13(18)11-9-12(16-10-11)14(19)15-7-5-8-17(2)3/h9-10,16H,4-8H2,1-3H3,(H,15,19). The van der Waals surface area contributed by atoms with Gasteiger partial charge >= 0.3 is 0 Å². The molecule has 1 heterocycles. The first-order chi connectivity index (χ1) is 9.04. The van der Waals surface area contributed by atoms with Crippen LogP contribution in [0.4, 0.5) is 0 Å². The first kappa shape index (κ1) is 15.4. The van der Waals surface area contributed by atoms with E-state index in [1.807, 2.05) is 21.0 Å². The van der Waals surface area contributed by atoms with Crippen molar-refractivity contribution in [1.82, 2.24) is 15.2 Å². The van der Waals surface area contributed by atoms with E-state index in [-0.39, 0.29) is 11.7 Å². The highest BCUT2D eigenvalue weighted by atomic mass is 16.2. The number of hydrogen-bond donors (Lipinski definition) is 2. The second kappa shape index (κ2) is 7.74. The molecule has 0 aromatic carbocycles. The van der Waals surface area contributed by atoms with Gasteiger partial charge in [0.25, 0.3) is 5.91 Å². The molecule has 1 aromatic heterocycles. The lowest BCUT2D eigenvalue weighted by Gasteiger charge is -2.09. The third-order valence-electron chi connectivity index (χ3n) is 2.79. The molecule has 2 N–H and O–H groups in total. The summed E-state index contributed by atoms with van der Waals surface area (Å²) in [4.78, 5) is 28.4. The summed E-state index contributed by atoms with van der Waals surface area (Å²) in [5, 5.41) is 2.83. The number of H-pyrrole nitrogens is 1. The molecule has 0 saturated heterocycles. The molecule has 0 fully saturated rings. The summed E-state index contributed by atoms with van der Waals surface area (Å²) in [6.07, 6.45) is 3.84. The van der Waals surface area contributed by atoms with Gasteiger partial charge in [0.2, 0.25) is 0 Å². The van der Waals surface area contributed by atoms with Gasteiger partial charge in [0.15, 0.2) is 5.78 Å². The van der Waals surface area contributed by atoms with Gasteiger partial charge in [-0.1, -0.05) is 6.92 Å². The van der Waals surface area contributed by atoms with Crippen LogP contribution in [0.2, 0.25) is 0 Å². The van der Waals surface area contributed by atoms with Gasteiger partial charge in [-0.2, -0.15) is 0 Å². The van der Waals surface area contributed by atoms with Gasteiger partial charge in [0.1, 0.15) is 5.69 Å². The Morgan fingerprint density at radius 3 is 2.74 bits per heavy atom. The average Bonchev–Trinajstić information content (AvgIpc) is 2.84. The molecule has 0 unspecified atom stereocenters. The van der Waals surface area contributed by atoms with Gasteiger partial charge in [0, 0.05) is 24.7 Å². The third-order valence-corrected chi connectivity index (χ3v) is 2.79. The van der Waals surface area contributed by atoms with E-state index >= 15 is 0 Å². The van der Waals surface area contributed by atoms with Crippen molar-refractivity contribution >= 4 is 11.7 Å². The number of aromatic amines is 1. The Hall–Kier alpha value is -1.62. The highest BCUT2D eigenvalue weighted by molar-refractivity contribution is 6.00. The van der Waals surface area contributed by atoms with Crippen LogP contribution in [0.15, 0.2) is 12.3 Å². The zero-order valence-electron chi connectivity index (χ0n) is 12.0. The van der Waals surface area contributed by atoms with Crippen LogP contribution >= 0.6 is 0 Å². The molecular formula is C14H23N3O2. The van der Waals surface area contributed by atoms with E-state index in [0.29, 0.717) is 24.2 Å². The third kappa shape index (κ3) is 5.26. The number of hydrogen-bond acceptors (Lipinski definition) is 3. The van der Waals surface area contributed by atoms with Crippen LogP contribution in [0.3, 0.4) is 0 Å². The zero-order valence-corrected chi connectivity index (χ0v) is 12.0. The summed E-state index contributed by atoms with van der Waals surface area (Å²) in [6, 6.07) is 1.62. The quantitative estimate of drug-likeness (QED) is 0.555. The van der Waals surface area contributed by atoms with Crippen molar-refractivity contribution in [3.63, 3.8) is 0 Å². The van der Waals surface area contributed by atoms with Crippen LogP contribution in [0.5, 0.6) is 0 Å². The van der Waals surface area contributed by atoms with E-state index in [9.17, 15) is 9.59 Å². The van der Waals surface area contributed by atoms with Crippen LogP contribution in [-0.2, 0) is 0 Å². The Morgan fingerprint density at radius 2 is 2.11 bits per heavy atom. The number of carbonyl (C=O) groups excluding carboxylic acids is 2. The SMILES string of the molecule is CCCC(=O)c1c[nH]c(C(=O)NCCCN(C)C)c1. The highest BCUT2D eigenvalue weighted by Crippen LogP contribution is 2.07. The Bertz CT molecular complexity index is 424. The molecule has 0 spiro atoms. The lowest BCUT2D eigenvalue weighted by atomic mass is 10.1. The fourth-order valence-corrected chi connectivity index (χ4v) is 1.75. The molecule has 19 heavy (non-hydrogen) atoms. The van der Waals surface area contributed by atoms with Crippen LogP contribution < -0.4 is 5.32 Å². The number of Topliss-reactive ketones (excluding diaryl/α,β-unsaturated/α-hetero) is 1. The number of nitrogens with one attached hydrogen (secondary N) is 2. The van der Waals surface area contributed by atoms with E-state index in [0.717, 1.165) is 19.4 Å². The number of ketones is 1. The summed E-state index contributed by atoms with van der Waals surface area (Å²) in [5.41, 5.74) is 1.03. The summed E-state index contributed by atoms with van der Waals surface area (Å²) < 4.78 is 0. The Labute approximate surface area is 114 Å². The minimum Gasteiger partial charge on any atom is -0.356 e. The Morgan fingerprint density at radius 1 is 1.37 bits per heavy atom. The second-order valence-electron chi connectivity index (χ2n) is 4.89. The van der Waals surface area contributed by atoms with E-state index in [2.05, 4.69) is 15.2 Å². The zero-order chi connectivity index (χ0) is 14.3. The number of nitrogens with zero attached hydrogens (tertiary/aromatic N) is 1. The molecule has 1 amide bonds. The van der Waals surface area contributed by atoms with E-state index in [4.69, 9.17) is 0 Å². The van der Waals surface area contributed by atoms with E-state index < -0.39 is 0 Å². The predicted octanol–water partition coefficient (Wildman–Crippen LogP) is 1.68. The summed E-state index contributed by atoms with van der Waals surface area (Å²) in [6.45, 7) is 3.53. The lowest BCUT2D eigenvalue weighted by Crippen LogP contribution is -2.27. The van der Waals surface area contributed by atoms with Crippen molar-refractivity contribution in [2.75, 3.05) is 27.2 Å².